The molecule has 0 saturated heterocycles. The van der Waals surface area contributed by atoms with Gasteiger partial charge in [0.15, 0.2) is 0 Å². The number of amides is 1. The number of nitrogens with one attached hydrogen (secondary N) is 2. The van der Waals surface area contributed by atoms with E-state index in [0.717, 1.165) is 17.1 Å². The summed E-state index contributed by atoms with van der Waals surface area (Å²) >= 11 is 0. The maximum Gasteiger partial charge on any atom is 0.242 e. The molecule has 0 atom stereocenters. The van der Waals surface area contributed by atoms with Crippen molar-refractivity contribution in [2.24, 2.45) is 0 Å². The van der Waals surface area contributed by atoms with E-state index in [0.29, 0.717) is 11.7 Å². The van der Waals surface area contributed by atoms with Crippen molar-refractivity contribution in [3.05, 3.63) is 24.3 Å². The summed E-state index contributed by atoms with van der Waals surface area (Å²) in [5.74, 6) is -0.151. The van der Waals surface area contributed by atoms with Crippen LogP contribution >= 0.6 is 0 Å². The van der Waals surface area contributed by atoms with Gasteiger partial charge in [-0.3, -0.25) is 4.79 Å². The van der Waals surface area contributed by atoms with Gasteiger partial charge >= 0.3 is 0 Å². The van der Waals surface area contributed by atoms with E-state index in [1.165, 1.54) is 58.3 Å². The van der Waals surface area contributed by atoms with Crippen molar-refractivity contribution in [2.75, 3.05) is 26.0 Å². The van der Waals surface area contributed by atoms with Crippen molar-refractivity contribution in [2.45, 2.75) is 55.9 Å². The van der Waals surface area contributed by atoms with Crippen LogP contribution in [0, 0.1) is 0 Å². The molecule has 1 saturated carbocycles. The molecule has 1 fully saturated rings. The molecule has 2 rings (SSSR count). The van der Waals surface area contributed by atoms with Gasteiger partial charge in [0.25, 0.3) is 0 Å². The number of nitrogens with zero attached hydrogens (tertiary/aromatic N) is 1. The van der Waals surface area contributed by atoms with E-state index in [-0.39, 0.29) is 17.3 Å². The van der Waals surface area contributed by atoms with E-state index < -0.39 is 10.0 Å². The fraction of sp³-hybridized carbons (Fsp3) is 0.611. The van der Waals surface area contributed by atoms with Gasteiger partial charge in [-0.05, 0) is 31.0 Å². The quantitative estimate of drug-likeness (QED) is 0.810. The summed E-state index contributed by atoms with van der Waals surface area (Å²) in [4.78, 5) is 12.3. The predicted molar refractivity (Wildman–Crippen MR) is 100 cm³/mol. The second-order valence-electron chi connectivity index (χ2n) is 6.79. The lowest BCUT2D eigenvalue weighted by atomic mass is 9.97. The minimum absolute atomic E-state index is 0.151. The first-order chi connectivity index (χ1) is 11.9. The van der Waals surface area contributed by atoms with Gasteiger partial charge in [0, 0.05) is 25.8 Å². The van der Waals surface area contributed by atoms with Gasteiger partial charge in [-0.15, -0.1) is 0 Å². The summed E-state index contributed by atoms with van der Waals surface area (Å²) in [7, 11) is -0.534. The first kappa shape index (κ1) is 19.9. The van der Waals surface area contributed by atoms with Gasteiger partial charge in [0.05, 0.1) is 11.4 Å². The monoisotopic (exact) mass is 367 g/mol. The summed E-state index contributed by atoms with van der Waals surface area (Å²) in [5, 5.41) is 6.11. The Kier molecular flexibility index (Phi) is 7.40. The lowest BCUT2D eigenvalue weighted by Gasteiger charge is -2.20. The van der Waals surface area contributed by atoms with Crippen LogP contribution in [0.2, 0.25) is 0 Å². The normalized spacial score (nSPS) is 17.1. The lowest BCUT2D eigenvalue weighted by Crippen LogP contribution is -2.36. The molecule has 0 unspecified atom stereocenters. The minimum Gasteiger partial charge on any atom is -0.325 e. The summed E-state index contributed by atoms with van der Waals surface area (Å²) in [6, 6.07) is 6.74. The SMILES string of the molecule is CN(C)S(=O)(=O)c1cccc(NC(=O)CNC2CCCCCCC2)c1. The molecule has 140 valence electrons. The number of anilines is 1. The third kappa shape index (κ3) is 6.09. The van der Waals surface area contributed by atoms with E-state index in [9.17, 15) is 13.2 Å². The zero-order valence-corrected chi connectivity index (χ0v) is 15.9. The van der Waals surface area contributed by atoms with Gasteiger partial charge in [0.1, 0.15) is 0 Å². The van der Waals surface area contributed by atoms with Gasteiger partial charge in [-0.1, -0.05) is 38.2 Å². The molecule has 25 heavy (non-hydrogen) atoms. The Morgan fingerprint density at radius 1 is 1.12 bits per heavy atom. The molecule has 6 nitrogen and oxygen atoms in total. The predicted octanol–water partition coefficient (Wildman–Crippen LogP) is 2.58. The first-order valence-corrected chi connectivity index (χ1v) is 10.4. The molecule has 7 heteroatoms. The molecule has 1 amide bonds. The second kappa shape index (κ2) is 9.31. The Balaban J connectivity index is 1.90. The Morgan fingerprint density at radius 3 is 2.40 bits per heavy atom. The van der Waals surface area contributed by atoms with Crippen LogP contribution in [-0.2, 0) is 14.8 Å². The zero-order chi connectivity index (χ0) is 18.3. The molecule has 0 spiro atoms. The average molecular weight is 368 g/mol. The molecular weight excluding hydrogens is 338 g/mol. The van der Waals surface area contributed by atoms with Crippen molar-refractivity contribution in [3.8, 4) is 0 Å². The summed E-state index contributed by atoms with van der Waals surface area (Å²) < 4.78 is 25.5. The van der Waals surface area contributed by atoms with Crippen molar-refractivity contribution in [3.63, 3.8) is 0 Å². The molecule has 0 radical (unpaired) electrons. The van der Waals surface area contributed by atoms with Gasteiger partial charge in [0.2, 0.25) is 15.9 Å². The number of carbonyl (C=O) groups is 1. The number of benzene rings is 1. The average Bonchev–Trinajstić information content (AvgIpc) is 2.54. The van der Waals surface area contributed by atoms with Gasteiger partial charge < -0.3 is 10.6 Å². The molecule has 1 aromatic carbocycles. The fourth-order valence-electron chi connectivity index (χ4n) is 3.05. The smallest absolute Gasteiger partial charge is 0.242 e. The van der Waals surface area contributed by atoms with Crippen molar-refractivity contribution in [1.29, 1.82) is 0 Å². The van der Waals surface area contributed by atoms with Crippen LogP contribution in [0.25, 0.3) is 0 Å². The molecule has 2 N–H and O–H groups in total. The summed E-state index contributed by atoms with van der Waals surface area (Å²) in [5.41, 5.74) is 0.493. The summed E-state index contributed by atoms with van der Waals surface area (Å²) in [6.45, 7) is 0.245. The molecule has 1 aliphatic carbocycles. The van der Waals surface area contributed by atoms with E-state index in [4.69, 9.17) is 0 Å². The van der Waals surface area contributed by atoms with Crippen LogP contribution in [0.15, 0.2) is 29.2 Å². The first-order valence-electron chi connectivity index (χ1n) is 8.95. The van der Waals surface area contributed by atoms with Crippen LogP contribution in [0.4, 0.5) is 5.69 Å². The van der Waals surface area contributed by atoms with Crippen LogP contribution in [0.3, 0.4) is 0 Å². The van der Waals surface area contributed by atoms with E-state index in [1.807, 2.05) is 0 Å². The number of rotatable bonds is 6. The largest absolute Gasteiger partial charge is 0.325 e. The third-order valence-corrected chi connectivity index (χ3v) is 6.36. The van der Waals surface area contributed by atoms with Gasteiger partial charge in [-0.2, -0.15) is 0 Å². The van der Waals surface area contributed by atoms with Crippen LogP contribution in [-0.4, -0.2) is 45.3 Å². The van der Waals surface area contributed by atoms with Gasteiger partial charge in [-0.25, -0.2) is 12.7 Å². The topological polar surface area (TPSA) is 78.5 Å². The van der Waals surface area contributed by atoms with Crippen LogP contribution < -0.4 is 10.6 Å². The van der Waals surface area contributed by atoms with Crippen molar-refractivity contribution >= 4 is 21.6 Å². The van der Waals surface area contributed by atoms with E-state index in [1.54, 1.807) is 12.1 Å². The number of sulfonamides is 1. The van der Waals surface area contributed by atoms with E-state index in [2.05, 4.69) is 10.6 Å². The molecule has 0 aliphatic heterocycles. The third-order valence-electron chi connectivity index (χ3n) is 4.55. The summed E-state index contributed by atoms with van der Waals surface area (Å²) in [6.07, 6.45) is 8.52. The molecule has 0 aromatic heterocycles. The van der Waals surface area contributed by atoms with Crippen molar-refractivity contribution in [1.82, 2.24) is 9.62 Å². The highest BCUT2D eigenvalue weighted by Crippen LogP contribution is 2.18. The Bertz CT molecular complexity index is 666. The highest BCUT2D eigenvalue weighted by atomic mass is 32.2. The number of carbonyl (C=O) groups excluding carboxylic acids is 1. The second-order valence-corrected chi connectivity index (χ2v) is 8.94. The molecule has 0 bridgehead atoms. The zero-order valence-electron chi connectivity index (χ0n) is 15.1. The van der Waals surface area contributed by atoms with Crippen LogP contribution in [0.5, 0.6) is 0 Å². The fourth-order valence-corrected chi connectivity index (χ4v) is 4.00. The maximum absolute atomic E-state index is 12.2. The van der Waals surface area contributed by atoms with Crippen LogP contribution in [0.1, 0.15) is 44.9 Å². The standard InChI is InChI=1S/C18H29N3O3S/c1-21(2)25(23,24)17-12-8-11-16(13-17)20-18(22)14-19-15-9-6-4-3-5-7-10-15/h8,11-13,15,19H,3-7,9-10,14H2,1-2H3,(H,20,22). The number of hydrogen-bond donors (Lipinski definition) is 2. The molecule has 1 aliphatic rings. The Labute approximate surface area is 151 Å². The molecule has 1 aromatic rings. The molecule has 0 heterocycles. The molecular formula is C18H29N3O3S. The number of hydrogen-bond acceptors (Lipinski definition) is 4. The van der Waals surface area contributed by atoms with Crippen molar-refractivity contribution < 1.29 is 13.2 Å². The van der Waals surface area contributed by atoms with E-state index >= 15 is 0 Å². The highest BCUT2D eigenvalue weighted by Gasteiger charge is 2.18. The highest BCUT2D eigenvalue weighted by molar-refractivity contribution is 7.89. The Hall–Kier alpha value is -1.44. The minimum atomic E-state index is -3.51. The lowest BCUT2D eigenvalue weighted by molar-refractivity contribution is -0.115. The maximum atomic E-state index is 12.2. The Morgan fingerprint density at radius 2 is 1.76 bits per heavy atom.